The first-order valence-corrected chi connectivity index (χ1v) is 5.51. The van der Waals surface area contributed by atoms with Gasteiger partial charge in [0.05, 0.1) is 0 Å². The second kappa shape index (κ2) is 6.12. The largest absolute Gasteiger partial charge is 0.409 e. The second-order valence-corrected chi connectivity index (χ2v) is 3.60. The predicted octanol–water partition coefficient (Wildman–Crippen LogP) is 1.62. The van der Waals surface area contributed by atoms with Crippen LogP contribution in [0.1, 0.15) is 25.0 Å². The zero-order valence-electron chi connectivity index (χ0n) is 9.85. The molecule has 3 N–H and O–H groups in total. The molecule has 16 heavy (non-hydrogen) atoms. The topological polar surface area (TPSA) is 61.8 Å². The normalized spacial score (nSPS) is 12.1. The van der Waals surface area contributed by atoms with Crippen LogP contribution in [0, 0.1) is 0 Å². The molecule has 0 unspecified atom stereocenters. The molecular weight excluding hydrogens is 202 g/mol. The minimum absolute atomic E-state index is 0.169. The molecule has 0 bridgehead atoms. The van der Waals surface area contributed by atoms with E-state index in [4.69, 9.17) is 10.9 Å². The average Bonchev–Trinajstić information content (AvgIpc) is 2.35. The van der Waals surface area contributed by atoms with Crippen molar-refractivity contribution in [3.05, 3.63) is 35.4 Å². The van der Waals surface area contributed by atoms with Crippen molar-refractivity contribution in [2.24, 2.45) is 10.9 Å². The molecule has 0 radical (unpaired) electrons. The van der Waals surface area contributed by atoms with E-state index >= 15 is 0 Å². The summed E-state index contributed by atoms with van der Waals surface area (Å²) >= 11 is 0. The van der Waals surface area contributed by atoms with E-state index in [0.29, 0.717) is 0 Å². The second-order valence-electron chi connectivity index (χ2n) is 3.60. The van der Waals surface area contributed by atoms with Crippen molar-refractivity contribution in [3.63, 3.8) is 0 Å². The highest BCUT2D eigenvalue weighted by molar-refractivity contribution is 5.98. The Morgan fingerprint density at radius 2 is 1.94 bits per heavy atom. The first-order chi connectivity index (χ1) is 7.72. The molecule has 0 aromatic heterocycles. The van der Waals surface area contributed by atoms with Gasteiger partial charge in [0.2, 0.25) is 0 Å². The quantitative estimate of drug-likeness (QED) is 0.344. The zero-order valence-corrected chi connectivity index (χ0v) is 9.85. The van der Waals surface area contributed by atoms with Crippen LogP contribution in [-0.4, -0.2) is 29.0 Å². The Morgan fingerprint density at radius 1 is 1.31 bits per heavy atom. The van der Waals surface area contributed by atoms with Gasteiger partial charge in [-0.1, -0.05) is 43.3 Å². The van der Waals surface area contributed by atoms with Crippen LogP contribution < -0.4 is 5.73 Å². The summed E-state index contributed by atoms with van der Waals surface area (Å²) in [4.78, 5) is 2.28. The fourth-order valence-corrected chi connectivity index (χ4v) is 1.65. The molecule has 0 saturated carbocycles. The molecule has 0 spiro atoms. The Bertz CT molecular complexity index is 359. The summed E-state index contributed by atoms with van der Waals surface area (Å²) in [5.74, 6) is 0.169. The Kier molecular flexibility index (Phi) is 4.79. The number of hydrogen-bond donors (Lipinski definition) is 2. The third-order valence-electron chi connectivity index (χ3n) is 2.69. The SMILES string of the molecule is CCN(CC)Cc1ccccc1C(N)=NO. The summed E-state index contributed by atoms with van der Waals surface area (Å²) in [6, 6.07) is 7.73. The standard InChI is InChI=1S/C12H19N3O/c1-3-15(4-2)9-10-7-5-6-8-11(10)12(13)14-16/h5-8,16H,3-4,9H2,1-2H3,(H2,13,14). The Balaban J connectivity index is 2.95. The summed E-state index contributed by atoms with van der Waals surface area (Å²) in [6.07, 6.45) is 0. The van der Waals surface area contributed by atoms with E-state index in [-0.39, 0.29) is 5.84 Å². The molecular formula is C12H19N3O. The smallest absolute Gasteiger partial charge is 0.170 e. The summed E-state index contributed by atoms with van der Waals surface area (Å²) in [6.45, 7) is 7.03. The third kappa shape index (κ3) is 2.97. The molecule has 0 atom stereocenters. The number of nitrogens with two attached hydrogens (primary N) is 1. The fourth-order valence-electron chi connectivity index (χ4n) is 1.65. The van der Waals surface area contributed by atoms with Crippen molar-refractivity contribution in [2.45, 2.75) is 20.4 Å². The summed E-state index contributed by atoms with van der Waals surface area (Å²) in [5, 5.41) is 11.8. The maximum absolute atomic E-state index is 8.71. The first-order valence-electron chi connectivity index (χ1n) is 5.51. The Morgan fingerprint density at radius 3 is 2.50 bits per heavy atom. The summed E-state index contributed by atoms with van der Waals surface area (Å²) in [5.41, 5.74) is 7.52. The lowest BCUT2D eigenvalue weighted by atomic mass is 10.1. The van der Waals surface area contributed by atoms with Crippen molar-refractivity contribution >= 4 is 5.84 Å². The maximum atomic E-state index is 8.71. The lowest BCUT2D eigenvalue weighted by molar-refractivity contribution is 0.295. The fraction of sp³-hybridized carbons (Fsp3) is 0.417. The molecule has 0 aliphatic heterocycles. The van der Waals surface area contributed by atoms with Gasteiger partial charge in [-0.2, -0.15) is 0 Å². The van der Waals surface area contributed by atoms with Gasteiger partial charge in [-0.15, -0.1) is 0 Å². The molecule has 1 rings (SSSR count). The molecule has 0 aliphatic rings. The van der Waals surface area contributed by atoms with Gasteiger partial charge in [-0.3, -0.25) is 4.90 Å². The van der Waals surface area contributed by atoms with Crippen molar-refractivity contribution in [2.75, 3.05) is 13.1 Å². The summed E-state index contributed by atoms with van der Waals surface area (Å²) in [7, 11) is 0. The van der Waals surface area contributed by atoms with E-state index in [1.165, 1.54) is 0 Å². The van der Waals surface area contributed by atoms with Crippen molar-refractivity contribution in [3.8, 4) is 0 Å². The van der Waals surface area contributed by atoms with Crippen LogP contribution in [0.5, 0.6) is 0 Å². The van der Waals surface area contributed by atoms with E-state index in [1.54, 1.807) is 0 Å². The Hall–Kier alpha value is -1.55. The van der Waals surface area contributed by atoms with Gasteiger partial charge in [0.1, 0.15) is 0 Å². The average molecular weight is 221 g/mol. The van der Waals surface area contributed by atoms with Crippen LogP contribution in [0.15, 0.2) is 29.4 Å². The van der Waals surface area contributed by atoms with Gasteiger partial charge in [0, 0.05) is 12.1 Å². The number of oxime groups is 1. The van der Waals surface area contributed by atoms with E-state index in [1.807, 2.05) is 24.3 Å². The van der Waals surface area contributed by atoms with Crippen LogP contribution >= 0.6 is 0 Å². The number of rotatable bonds is 5. The maximum Gasteiger partial charge on any atom is 0.170 e. The van der Waals surface area contributed by atoms with Crippen molar-refractivity contribution in [1.82, 2.24) is 4.90 Å². The molecule has 0 heterocycles. The van der Waals surface area contributed by atoms with Gasteiger partial charge in [0.25, 0.3) is 0 Å². The van der Waals surface area contributed by atoms with Gasteiger partial charge in [-0.25, -0.2) is 0 Å². The molecule has 0 aliphatic carbocycles. The number of amidine groups is 1. The van der Waals surface area contributed by atoms with Crippen LogP contribution in [0.3, 0.4) is 0 Å². The van der Waals surface area contributed by atoms with Gasteiger partial charge in [0.15, 0.2) is 5.84 Å². The molecule has 0 fully saturated rings. The van der Waals surface area contributed by atoms with Crippen LogP contribution in [0.2, 0.25) is 0 Å². The van der Waals surface area contributed by atoms with Crippen LogP contribution in [-0.2, 0) is 6.54 Å². The number of hydrogen-bond acceptors (Lipinski definition) is 3. The van der Waals surface area contributed by atoms with E-state index in [0.717, 1.165) is 30.8 Å². The molecule has 0 amide bonds. The van der Waals surface area contributed by atoms with E-state index in [9.17, 15) is 0 Å². The molecule has 4 nitrogen and oxygen atoms in total. The van der Waals surface area contributed by atoms with Gasteiger partial charge >= 0.3 is 0 Å². The predicted molar refractivity (Wildman–Crippen MR) is 65.6 cm³/mol. The lowest BCUT2D eigenvalue weighted by Crippen LogP contribution is -2.24. The highest BCUT2D eigenvalue weighted by Crippen LogP contribution is 2.11. The molecule has 0 saturated heterocycles. The lowest BCUT2D eigenvalue weighted by Gasteiger charge is -2.19. The monoisotopic (exact) mass is 221 g/mol. The third-order valence-corrected chi connectivity index (χ3v) is 2.69. The van der Waals surface area contributed by atoms with Crippen LogP contribution in [0.25, 0.3) is 0 Å². The zero-order chi connectivity index (χ0) is 12.0. The first kappa shape index (κ1) is 12.5. The van der Waals surface area contributed by atoms with Crippen LogP contribution in [0.4, 0.5) is 0 Å². The molecule has 4 heteroatoms. The minimum Gasteiger partial charge on any atom is -0.409 e. The number of benzene rings is 1. The van der Waals surface area contributed by atoms with Crippen molar-refractivity contribution < 1.29 is 5.21 Å². The number of nitrogens with zero attached hydrogens (tertiary/aromatic N) is 2. The minimum atomic E-state index is 0.169. The Labute approximate surface area is 96.4 Å². The summed E-state index contributed by atoms with van der Waals surface area (Å²) < 4.78 is 0. The van der Waals surface area contributed by atoms with Crippen molar-refractivity contribution in [1.29, 1.82) is 0 Å². The van der Waals surface area contributed by atoms with Gasteiger partial charge in [-0.05, 0) is 18.7 Å². The highest BCUT2D eigenvalue weighted by Gasteiger charge is 2.08. The molecule has 1 aromatic rings. The van der Waals surface area contributed by atoms with E-state index < -0.39 is 0 Å². The highest BCUT2D eigenvalue weighted by atomic mass is 16.4. The van der Waals surface area contributed by atoms with E-state index in [2.05, 4.69) is 23.9 Å². The molecule has 88 valence electrons. The molecule has 1 aromatic carbocycles. The van der Waals surface area contributed by atoms with Gasteiger partial charge < -0.3 is 10.9 Å².